The number of aryl methyl sites for hydroxylation is 2. The molecule has 4 aromatic rings. The predicted octanol–water partition coefficient (Wildman–Crippen LogP) is 5.77. The standard InChI is InChI=1S/C23H27BN3O3.C22H27N3O2/c1-14(29)21-23(27(2)13-25-21)18-5-3-15(4-6-18)11-19(30)22(26-24-12-28)20(16-7-8-16)17-9-10-17;1-13(26)21-22(25(2)12-24-21)17-5-3-14(4-6-17)11-18(27)20(23)19(15-7-8-15)16-9-10-16/h3-6,12-13,16-17,20,22,26H,7-11H2,1-2H3;3-6,12,15-16,19-20H,7-11,23H2,1-2H3/t22-;20-/m11/s1. The highest BCUT2D eigenvalue weighted by Crippen LogP contribution is 2.51. The molecule has 4 aliphatic carbocycles. The summed E-state index contributed by atoms with van der Waals surface area (Å²) < 4.78 is 3.69. The van der Waals surface area contributed by atoms with Gasteiger partial charge in [-0.1, -0.05) is 48.5 Å². The van der Waals surface area contributed by atoms with Crippen LogP contribution in [0.4, 0.5) is 0 Å². The first-order chi connectivity index (χ1) is 27.4. The number of nitrogens with two attached hydrogens (primary N) is 1. The second-order valence-corrected chi connectivity index (χ2v) is 16.9. The topological polar surface area (TPSA) is 159 Å². The van der Waals surface area contributed by atoms with E-state index in [1.807, 2.05) is 71.8 Å². The molecule has 2 heterocycles. The Labute approximate surface area is 335 Å². The Morgan fingerprint density at radius 1 is 0.684 bits per heavy atom. The number of hydrogen-bond donors (Lipinski definition) is 2. The molecule has 297 valence electrons. The van der Waals surface area contributed by atoms with E-state index in [0.717, 1.165) is 33.6 Å². The van der Waals surface area contributed by atoms with Crippen LogP contribution in [-0.2, 0) is 41.3 Å². The number of hydrogen-bond acceptors (Lipinski definition) is 9. The van der Waals surface area contributed by atoms with Gasteiger partial charge in [-0.25, -0.2) is 9.97 Å². The number of nitrogens with zero attached hydrogens (tertiary/aromatic N) is 4. The van der Waals surface area contributed by atoms with Crippen molar-refractivity contribution in [2.45, 2.75) is 90.1 Å². The molecule has 0 aliphatic heterocycles. The maximum Gasteiger partial charge on any atom is 0.290 e. The van der Waals surface area contributed by atoms with Crippen molar-refractivity contribution >= 4 is 36.7 Å². The molecule has 4 aliphatic rings. The Bertz CT molecular complexity index is 2080. The van der Waals surface area contributed by atoms with Crippen LogP contribution in [0, 0.1) is 35.5 Å². The highest BCUT2D eigenvalue weighted by atomic mass is 16.1. The van der Waals surface area contributed by atoms with Crippen molar-refractivity contribution in [3.05, 3.63) is 83.7 Å². The molecular formula is C45H54BN6O5. The lowest BCUT2D eigenvalue weighted by Crippen LogP contribution is -2.47. The molecule has 4 fully saturated rings. The fourth-order valence-corrected chi connectivity index (χ4v) is 8.85. The molecule has 4 saturated carbocycles. The minimum absolute atomic E-state index is 0.0537. The zero-order valence-corrected chi connectivity index (χ0v) is 33.5. The van der Waals surface area contributed by atoms with Crippen LogP contribution < -0.4 is 11.0 Å². The second kappa shape index (κ2) is 17.4. The largest absolute Gasteiger partial charge is 0.345 e. The molecule has 0 amide bonds. The molecule has 11 nitrogen and oxygen atoms in total. The number of imidazole rings is 2. The van der Waals surface area contributed by atoms with Gasteiger partial charge in [-0.05, 0) is 98.0 Å². The number of benzene rings is 2. The highest BCUT2D eigenvalue weighted by molar-refractivity contribution is 6.64. The average Bonchev–Trinajstić information content (AvgIpc) is 3.98. The fraction of sp³-hybridized carbons (Fsp3) is 0.489. The molecule has 8 rings (SSSR count). The summed E-state index contributed by atoms with van der Waals surface area (Å²) in [5.41, 5.74) is 12.6. The molecule has 1 radical (unpaired) electrons. The lowest BCUT2D eigenvalue weighted by Gasteiger charge is -2.27. The monoisotopic (exact) mass is 769 g/mol. The Balaban J connectivity index is 0.000000175. The van der Waals surface area contributed by atoms with Gasteiger partial charge in [0, 0.05) is 51.9 Å². The summed E-state index contributed by atoms with van der Waals surface area (Å²) in [7, 11) is 5.11. The summed E-state index contributed by atoms with van der Waals surface area (Å²) in [6.45, 7) is 3.04. The Morgan fingerprint density at radius 3 is 1.44 bits per heavy atom. The zero-order valence-electron chi connectivity index (χ0n) is 33.5. The van der Waals surface area contributed by atoms with E-state index in [1.165, 1.54) is 72.6 Å². The number of nitrogens with one attached hydrogen (secondary N) is 1. The van der Waals surface area contributed by atoms with Gasteiger partial charge >= 0.3 is 0 Å². The molecule has 12 heteroatoms. The summed E-state index contributed by atoms with van der Waals surface area (Å²) in [5.74, 6) is 3.45. The van der Waals surface area contributed by atoms with Crippen molar-refractivity contribution in [2.24, 2.45) is 55.3 Å². The lowest BCUT2D eigenvalue weighted by molar-refractivity contribution is -0.122. The van der Waals surface area contributed by atoms with Crippen LogP contribution in [0.1, 0.15) is 97.3 Å². The van der Waals surface area contributed by atoms with Crippen molar-refractivity contribution in [3.63, 3.8) is 0 Å². The predicted molar refractivity (Wildman–Crippen MR) is 220 cm³/mol. The van der Waals surface area contributed by atoms with E-state index in [1.54, 1.807) is 12.7 Å². The normalized spacial score (nSPS) is 17.5. The summed E-state index contributed by atoms with van der Waals surface area (Å²) in [6, 6.07) is 15.0. The van der Waals surface area contributed by atoms with Crippen molar-refractivity contribution in [1.29, 1.82) is 0 Å². The SMILES string of the molecule is CC(=O)c1ncn(C)c1-c1ccc(CC(=O)[C@@H](N)C(C2CC2)C2CC2)cc1.CC(=O)c1ncn(C)c1-c1ccc(CC(=O)[C@@H](N[B]C=O)C(C2CC2)C2CC2)cc1. The highest BCUT2D eigenvalue weighted by Gasteiger charge is 2.48. The summed E-state index contributed by atoms with van der Waals surface area (Å²) in [6.07, 6.45) is 14.4. The quantitative estimate of drug-likeness (QED) is 0.0686. The van der Waals surface area contributed by atoms with Gasteiger partial charge in [0.2, 0.25) is 0 Å². The van der Waals surface area contributed by atoms with Crippen LogP contribution in [0.5, 0.6) is 0 Å². The van der Waals surface area contributed by atoms with E-state index in [9.17, 15) is 24.0 Å². The first-order valence-corrected chi connectivity index (χ1v) is 20.5. The molecule has 2 atom stereocenters. The molecule has 0 unspecified atom stereocenters. The Morgan fingerprint density at radius 2 is 1.07 bits per heavy atom. The summed E-state index contributed by atoms with van der Waals surface area (Å²) in [5, 5.41) is 3.10. The fourth-order valence-electron chi connectivity index (χ4n) is 8.85. The third kappa shape index (κ3) is 9.67. The van der Waals surface area contributed by atoms with Gasteiger partial charge in [0.05, 0.1) is 42.3 Å². The van der Waals surface area contributed by atoms with E-state index in [0.29, 0.717) is 65.9 Å². The number of carbonyl (C=O) groups excluding carboxylic acids is 5. The molecule has 57 heavy (non-hydrogen) atoms. The van der Waals surface area contributed by atoms with Crippen molar-refractivity contribution < 1.29 is 24.0 Å². The average molecular weight is 770 g/mol. The van der Waals surface area contributed by atoms with Crippen LogP contribution >= 0.6 is 0 Å². The summed E-state index contributed by atoms with van der Waals surface area (Å²) in [4.78, 5) is 68.8. The second-order valence-electron chi connectivity index (χ2n) is 16.9. The van der Waals surface area contributed by atoms with Gasteiger partial charge in [-0.2, -0.15) is 0 Å². The third-order valence-corrected chi connectivity index (χ3v) is 12.3. The van der Waals surface area contributed by atoms with Crippen molar-refractivity contribution in [3.8, 4) is 22.5 Å². The van der Waals surface area contributed by atoms with Crippen molar-refractivity contribution in [1.82, 2.24) is 24.3 Å². The van der Waals surface area contributed by atoms with E-state index in [2.05, 4.69) is 15.2 Å². The number of aromatic nitrogens is 4. The summed E-state index contributed by atoms with van der Waals surface area (Å²) >= 11 is 0. The molecule has 0 saturated heterocycles. The van der Waals surface area contributed by atoms with Crippen molar-refractivity contribution in [2.75, 3.05) is 0 Å². The molecule has 3 N–H and O–H groups in total. The van der Waals surface area contributed by atoms with Gasteiger partial charge in [-0.3, -0.25) is 19.2 Å². The maximum absolute atomic E-state index is 13.2. The number of Topliss-reactive ketones (excluding diaryl/α,β-unsaturated/α-hetero) is 4. The molecular weight excluding hydrogens is 715 g/mol. The maximum atomic E-state index is 13.2. The molecule has 2 aromatic carbocycles. The minimum atomic E-state index is -0.328. The van der Waals surface area contributed by atoms with Crippen LogP contribution in [0.2, 0.25) is 0 Å². The molecule has 2 aromatic heterocycles. The van der Waals surface area contributed by atoms with Crippen LogP contribution in [0.15, 0.2) is 61.2 Å². The van der Waals surface area contributed by atoms with Crippen LogP contribution in [0.3, 0.4) is 0 Å². The van der Waals surface area contributed by atoms with Gasteiger partial charge in [0.15, 0.2) is 23.1 Å². The van der Waals surface area contributed by atoms with Gasteiger partial charge < -0.3 is 24.9 Å². The van der Waals surface area contributed by atoms with E-state index >= 15 is 0 Å². The lowest BCUT2D eigenvalue weighted by atomic mass is 9.81. The first-order valence-electron chi connectivity index (χ1n) is 20.5. The van der Waals surface area contributed by atoms with E-state index in [-0.39, 0.29) is 35.2 Å². The van der Waals surface area contributed by atoms with Gasteiger partial charge in [0.25, 0.3) is 7.41 Å². The Kier molecular flexibility index (Phi) is 12.3. The number of carbonyl (C=O) groups is 5. The Hall–Kier alpha value is -4.81. The van der Waals surface area contributed by atoms with Crippen LogP contribution in [0.25, 0.3) is 22.5 Å². The van der Waals surface area contributed by atoms with E-state index < -0.39 is 0 Å². The van der Waals surface area contributed by atoms with Crippen LogP contribution in [-0.4, -0.2) is 67.9 Å². The third-order valence-electron chi connectivity index (χ3n) is 12.3. The molecule has 0 spiro atoms. The van der Waals surface area contributed by atoms with Gasteiger partial charge in [-0.15, -0.1) is 0 Å². The number of rotatable bonds is 19. The minimum Gasteiger partial charge on any atom is -0.345 e. The molecule has 0 bridgehead atoms. The van der Waals surface area contributed by atoms with E-state index in [4.69, 9.17) is 5.73 Å². The number of ketones is 4. The van der Waals surface area contributed by atoms with Gasteiger partial charge in [0.1, 0.15) is 11.4 Å². The zero-order chi connectivity index (χ0) is 40.4. The smallest absolute Gasteiger partial charge is 0.290 e. The first kappa shape index (κ1) is 40.4.